The number of hydrogen-bond acceptors (Lipinski definition) is 4. The lowest BCUT2D eigenvalue weighted by Gasteiger charge is -2.12. The van der Waals surface area contributed by atoms with Gasteiger partial charge in [-0.1, -0.05) is 25.5 Å². The third-order valence-corrected chi connectivity index (χ3v) is 3.36. The van der Waals surface area contributed by atoms with Crippen molar-refractivity contribution >= 4 is 0 Å². The summed E-state index contributed by atoms with van der Waals surface area (Å²) in [4.78, 5) is 4.11. The first-order chi connectivity index (χ1) is 10.8. The summed E-state index contributed by atoms with van der Waals surface area (Å²) >= 11 is 0. The van der Waals surface area contributed by atoms with Gasteiger partial charge in [0, 0.05) is 25.5 Å². The largest absolute Gasteiger partial charge is 0.493 e. The molecule has 1 heterocycles. The second-order valence-corrected chi connectivity index (χ2v) is 5.15. The number of hydrogen-bond donors (Lipinski definition) is 1. The number of ether oxygens (including phenoxy) is 2. The molecule has 2 rings (SSSR count). The molecular weight excluding hydrogens is 276 g/mol. The van der Waals surface area contributed by atoms with Crippen molar-refractivity contribution in [3.05, 3.63) is 53.9 Å². The van der Waals surface area contributed by atoms with Crippen LogP contribution in [0.3, 0.4) is 0 Å². The van der Waals surface area contributed by atoms with Crippen molar-refractivity contribution in [1.82, 2.24) is 10.3 Å². The van der Waals surface area contributed by atoms with E-state index < -0.39 is 0 Å². The van der Waals surface area contributed by atoms with E-state index >= 15 is 0 Å². The third kappa shape index (κ3) is 5.04. The van der Waals surface area contributed by atoms with Gasteiger partial charge < -0.3 is 14.8 Å². The summed E-state index contributed by atoms with van der Waals surface area (Å²) in [6.07, 6.45) is 5.83. The van der Waals surface area contributed by atoms with E-state index in [1.165, 1.54) is 11.1 Å². The van der Waals surface area contributed by atoms with Gasteiger partial charge in [-0.25, -0.2) is 0 Å². The monoisotopic (exact) mass is 300 g/mol. The molecule has 0 atom stereocenters. The van der Waals surface area contributed by atoms with Crippen LogP contribution in [-0.4, -0.2) is 18.7 Å². The molecule has 22 heavy (non-hydrogen) atoms. The standard InChI is InChI=1S/C18H24N2O2/c1-3-4-10-22-17-8-7-15(11-18(17)21-2)12-20-14-16-6-5-9-19-13-16/h5-9,11,13,20H,3-4,10,12,14H2,1-2H3. The summed E-state index contributed by atoms with van der Waals surface area (Å²) in [5.74, 6) is 1.60. The number of unbranched alkanes of at least 4 members (excludes halogenated alkanes) is 1. The predicted octanol–water partition coefficient (Wildman–Crippen LogP) is 3.56. The first-order valence-electron chi connectivity index (χ1n) is 7.72. The van der Waals surface area contributed by atoms with Crippen LogP contribution in [0.4, 0.5) is 0 Å². The van der Waals surface area contributed by atoms with Crippen LogP contribution in [0.25, 0.3) is 0 Å². The van der Waals surface area contributed by atoms with E-state index in [2.05, 4.69) is 29.4 Å². The molecule has 0 radical (unpaired) electrons. The number of pyridine rings is 1. The highest BCUT2D eigenvalue weighted by Crippen LogP contribution is 2.28. The van der Waals surface area contributed by atoms with Crippen LogP contribution in [0.15, 0.2) is 42.7 Å². The summed E-state index contributed by atoms with van der Waals surface area (Å²) in [7, 11) is 1.68. The molecule has 0 aliphatic heterocycles. The minimum Gasteiger partial charge on any atom is -0.493 e. The van der Waals surface area contributed by atoms with E-state index in [0.717, 1.165) is 44.0 Å². The molecule has 2 aromatic rings. The van der Waals surface area contributed by atoms with Gasteiger partial charge in [0.05, 0.1) is 13.7 Å². The van der Waals surface area contributed by atoms with Gasteiger partial charge in [0.2, 0.25) is 0 Å². The van der Waals surface area contributed by atoms with Crippen molar-refractivity contribution in [1.29, 1.82) is 0 Å². The molecule has 0 fully saturated rings. The lowest BCUT2D eigenvalue weighted by Crippen LogP contribution is -2.13. The number of aromatic nitrogens is 1. The van der Waals surface area contributed by atoms with Gasteiger partial charge in [-0.2, -0.15) is 0 Å². The minimum atomic E-state index is 0.728. The van der Waals surface area contributed by atoms with Gasteiger partial charge >= 0.3 is 0 Å². The van der Waals surface area contributed by atoms with Gasteiger partial charge in [0.1, 0.15) is 0 Å². The van der Waals surface area contributed by atoms with E-state index in [-0.39, 0.29) is 0 Å². The highest BCUT2D eigenvalue weighted by atomic mass is 16.5. The van der Waals surface area contributed by atoms with Crippen molar-refractivity contribution in [3.63, 3.8) is 0 Å². The molecule has 118 valence electrons. The van der Waals surface area contributed by atoms with Gasteiger partial charge in [0.15, 0.2) is 11.5 Å². The lowest BCUT2D eigenvalue weighted by atomic mass is 10.2. The molecule has 0 spiro atoms. The van der Waals surface area contributed by atoms with Gasteiger partial charge in [-0.3, -0.25) is 4.98 Å². The Balaban J connectivity index is 1.88. The Bertz CT molecular complexity index is 558. The van der Waals surface area contributed by atoms with Crippen molar-refractivity contribution in [2.75, 3.05) is 13.7 Å². The summed E-state index contributed by atoms with van der Waals surface area (Å²) < 4.78 is 11.2. The molecule has 0 saturated heterocycles. The first kappa shape index (κ1) is 16.3. The Hall–Kier alpha value is -2.07. The number of nitrogens with one attached hydrogen (secondary N) is 1. The van der Waals surface area contributed by atoms with Crippen molar-refractivity contribution in [3.8, 4) is 11.5 Å². The summed E-state index contributed by atoms with van der Waals surface area (Å²) in [6, 6.07) is 10.1. The molecule has 1 aromatic heterocycles. The summed E-state index contributed by atoms with van der Waals surface area (Å²) in [5, 5.41) is 3.40. The Morgan fingerprint density at radius 2 is 1.95 bits per heavy atom. The van der Waals surface area contributed by atoms with E-state index in [1.807, 2.05) is 24.4 Å². The molecule has 1 aromatic carbocycles. The number of methoxy groups -OCH3 is 1. The Kier molecular flexibility index (Phi) is 6.71. The van der Waals surface area contributed by atoms with Crippen LogP contribution < -0.4 is 14.8 Å². The maximum Gasteiger partial charge on any atom is 0.161 e. The quantitative estimate of drug-likeness (QED) is 0.719. The van der Waals surface area contributed by atoms with Crippen LogP contribution in [0, 0.1) is 0 Å². The number of rotatable bonds is 9. The fourth-order valence-corrected chi connectivity index (χ4v) is 2.12. The molecule has 4 nitrogen and oxygen atoms in total. The molecule has 4 heteroatoms. The van der Waals surface area contributed by atoms with Gasteiger partial charge in [-0.05, 0) is 35.7 Å². The Morgan fingerprint density at radius 3 is 2.68 bits per heavy atom. The zero-order chi connectivity index (χ0) is 15.6. The van der Waals surface area contributed by atoms with Gasteiger partial charge in [0.25, 0.3) is 0 Å². The highest BCUT2D eigenvalue weighted by Gasteiger charge is 2.05. The topological polar surface area (TPSA) is 43.4 Å². The minimum absolute atomic E-state index is 0.728. The lowest BCUT2D eigenvalue weighted by molar-refractivity contribution is 0.288. The molecular formula is C18H24N2O2. The van der Waals surface area contributed by atoms with E-state index in [9.17, 15) is 0 Å². The van der Waals surface area contributed by atoms with E-state index in [4.69, 9.17) is 9.47 Å². The zero-order valence-electron chi connectivity index (χ0n) is 13.3. The average Bonchev–Trinajstić information content (AvgIpc) is 2.57. The maximum atomic E-state index is 5.74. The van der Waals surface area contributed by atoms with Crippen LogP contribution in [0.2, 0.25) is 0 Å². The maximum absolute atomic E-state index is 5.74. The normalized spacial score (nSPS) is 10.5. The molecule has 0 aliphatic carbocycles. The van der Waals surface area contributed by atoms with Crippen molar-refractivity contribution in [2.45, 2.75) is 32.9 Å². The second-order valence-electron chi connectivity index (χ2n) is 5.15. The summed E-state index contributed by atoms with van der Waals surface area (Å²) in [6.45, 7) is 4.45. The van der Waals surface area contributed by atoms with E-state index in [1.54, 1.807) is 13.3 Å². The predicted molar refractivity (Wildman–Crippen MR) is 88.2 cm³/mol. The Labute approximate surface area is 132 Å². The van der Waals surface area contributed by atoms with Crippen LogP contribution in [-0.2, 0) is 13.1 Å². The molecule has 0 unspecified atom stereocenters. The molecule has 0 bridgehead atoms. The Morgan fingerprint density at radius 1 is 1.09 bits per heavy atom. The fraction of sp³-hybridized carbons (Fsp3) is 0.389. The first-order valence-corrected chi connectivity index (χ1v) is 7.72. The van der Waals surface area contributed by atoms with Crippen molar-refractivity contribution < 1.29 is 9.47 Å². The highest BCUT2D eigenvalue weighted by molar-refractivity contribution is 5.42. The molecule has 0 saturated carbocycles. The van der Waals surface area contributed by atoms with Crippen LogP contribution in [0.5, 0.6) is 11.5 Å². The smallest absolute Gasteiger partial charge is 0.161 e. The second kappa shape index (κ2) is 9.05. The third-order valence-electron chi connectivity index (χ3n) is 3.36. The fourth-order valence-electron chi connectivity index (χ4n) is 2.12. The van der Waals surface area contributed by atoms with Crippen molar-refractivity contribution in [2.24, 2.45) is 0 Å². The summed E-state index contributed by atoms with van der Waals surface area (Å²) in [5.41, 5.74) is 2.34. The van der Waals surface area contributed by atoms with Gasteiger partial charge in [-0.15, -0.1) is 0 Å². The molecule has 0 amide bonds. The number of benzene rings is 1. The molecule has 0 aliphatic rings. The molecule has 1 N–H and O–H groups in total. The number of nitrogens with zero attached hydrogens (tertiary/aromatic N) is 1. The zero-order valence-corrected chi connectivity index (χ0v) is 13.3. The average molecular weight is 300 g/mol. The van der Waals surface area contributed by atoms with E-state index in [0.29, 0.717) is 0 Å². The van der Waals surface area contributed by atoms with Crippen LogP contribution >= 0.6 is 0 Å². The van der Waals surface area contributed by atoms with Crippen LogP contribution in [0.1, 0.15) is 30.9 Å². The SMILES string of the molecule is CCCCOc1ccc(CNCc2cccnc2)cc1OC.